The van der Waals surface area contributed by atoms with Crippen LogP contribution in [-0.2, 0) is 13.2 Å². The van der Waals surface area contributed by atoms with Crippen LogP contribution < -0.4 is 10.5 Å². The first-order chi connectivity index (χ1) is 10.1. The lowest BCUT2D eigenvalue weighted by molar-refractivity contribution is 0.299. The molecule has 0 bridgehead atoms. The van der Waals surface area contributed by atoms with Gasteiger partial charge in [-0.05, 0) is 41.7 Å². The second kappa shape index (κ2) is 7.23. The molecule has 2 nitrogen and oxygen atoms in total. The van der Waals surface area contributed by atoms with E-state index in [0.29, 0.717) is 18.0 Å². The van der Waals surface area contributed by atoms with E-state index in [9.17, 15) is 4.39 Å². The molecular formula is C18H22FNO. The number of halogens is 1. The van der Waals surface area contributed by atoms with Crippen LogP contribution >= 0.6 is 0 Å². The minimum Gasteiger partial charge on any atom is -0.489 e. The first kappa shape index (κ1) is 15.5. The Labute approximate surface area is 125 Å². The van der Waals surface area contributed by atoms with E-state index in [1.54, 1.807) is 6.07 Å². The summed E-state index contributed by atoms with van der Waals surface area (Å²) in [6, 6.07) is 13.0. The lowest BCUT2D eigenvalue weighted by Crippen LogP contribution is -2.02. The Bertz CT molecular complexity index is 580. The molecule has 2 N–H and O–H groups in total. The van der Waals surface area contributed by atoms with E-state index >= 15 is 0 Å². The first-order valence-electron chi connectivity index (χ1n) is 7.34. The molecule has 21 heavy (non-hydrogen) atoms. The molecular weight excluding hydrogens is 265 g/mol. The monoisotopic (exact) mass is 287 g/mol. The maximum absolute atomic E-state index is 13.8. The lowest BCUT2D eigenvalue weighted by Gasteiger charge is -2.11. The summed E-state index contributed by atoms with van der Waals surface area (Å²) in [4.78, 5) is 0. The van der Waals surface area contributed by atoms with Crippen molar-refractivity contribution in [3.8, 4) is 5.75 Å². The van der Waals surface area contributed by atoms with Crippen molar-refractivity contribution in [3.63, 3.8) is 0 Å². The van der Waals surface area contributed by atoms with Crippen LogP contribution in [-0.4, -0.2) is 0 Å². The number of hydrogen-bond acceptors (Lipinski definition) is 2. The third kappa shape index (κ3) is 4.05. The van der Waals surface area contributed by atoms with Crippen LogP contribution in [0, 0.1) is 5.82 Å². The zero-order valence-electron chi connectivity index (χ0n) is 12.6. The molecule has 3 heteroatoms. The van der Waals surface area contributed by atoms with Crippen molar-refractivity contribution in [3.05, 3.63) is 65.0 Å². The summed E-state index contributed by atoms with van der Waals surface area (Å²) in [5.74, 6) is 1.03. The summed E-state index contributed by atoms with van der Waals surface area (Å²) >= 11 is 0. The summed E-state index contributed by atoms with van der Waals surface area (Å²) in [7, 11) is 0. The van der Waals surface area contributed by atoms with Crippen molar-refractivity contribution in [2.24, 2.45) is 5.73 Å². The van der Waals surface area contributed by atoms with Gasteiger partial charge >= 0.3 is 0 Å². The normalized spacial score (nSPS) is 12.2. The maximum Gasteiger partial charge on any atom is 0.130 e. The van der Waals surface area contributed by atoms with Gasteiger partial charge < -0.3 is 10.5 Å². The van der Waals surface area contributed by atoms with E-state index < -0.39 is 0 Å². The summed E-state index contributed by atoms with van der Waals surface area (Å²) in [6.07, 6.45) is 1.11. The molecule has 0 fully saturated rings. The molecule has 112 valence electrons. The predicted octanol–water partition coefficient (Wildman–Crippen LogP) is 4.38. The van der Waals surface area contributed by atoms with Crippen molar-refractivity contribution >= 4 is 0 Å². The number of ether oxygens (including phenoxy) is 1. The molecule has 0 aliphatic heterocycles. The quantitative estimate of drug-likeness (QED) is 0.856. The molecule has 2 rings (SSSR count). The molecule has 0 aromatic heterocycles. The van der Waals surface area contributed by atoms with Crippen LogP contribution in [0.1, 0.15) is 42.9 Å². The van der Waals surface area contributed by atoms with Crippen LogP contribution in [0.3, 0.4) is 0 Å². The molecule has 1 atom stereocenters. The lowest BCUT2D eigenvalue weighted by atomic mass is 9.99. The first-order valence-corrected chi connectivity index (χ1v) is 7.34. The van der Waals surface area contributed by atoms with Gasteiger partial charge in [0.25, 0.3) is 0 Å². The highest BCUT2D eigenvalue weighted by Gasteiger charge is 2.06. The van der Waals surface area contributed by atoms with Crippen molar-refractivity contribution in [1.29, 1.82) is 0 Å². The molecule has 2 aromatic carbocycles. The Morgan fingerprint density at radius 1 is 1.14 bits per heavy atom. The topological polar surface area (TPSA) is 35.2 Å². The molecule has 2 aromatic rings. The molecule has 0 saturated carbocycles. The highest BCUT2D eigenvalue weighted by molar-refractivity contribution is 5.30. The summed E-state index contributed by atoms with van der Waals surface area (Å²) < 4.78 is 19.5. The van der Waals surface area contributed by atoms with E-state index in [0.717, 1.165) is 17.7 Å². The number of rotatable bonds is 6. The minimum absolute atomic E-state index is 0.222. The highest BCUT2D eigenvalue weighted by atomic mass is 19.1. The van der Waals surface area contributed by atoms with E-state index in [1.165, 1.54) is 11.6 Å². The average molecular weight is 287 g/mol. The number of benzene rings is 2. The number of nitrogens with two attached hydrogens (primary N) is 1. The van der Waals surface area contributed by atoms with E-state index in [2.05, 4.69) is 26.0 Å². The molecule has 0 amide bonds. The van der Waals surface area contributed by atoms with Gasteiger partial charge in [0.05, 0.1) is 0 Å². The molecule has 0 aliphatic carbocycles. The standard InChI is InChI=1S/C18H22FNO/c1-3-13(2)15-6-8-17(9-7-15)21-12-16-5-4-14(11-20)10-18(16)19/h4-10,13H,3,11-12,20H2,1-2H3. The average Bonchev–Trinajstić information content (AvgIpc) is 2.53. The fourth-order valence-corrected chi connectivity index (χ4v) is 2.12. The van der Waals surface area contributed by atoms with Crippen molar-refractivity contribution < 1.29 is 9.13 Å². The van der Waals surface area contributed by atoms with E-state index in [-0.39, 0.29) is 12.4 Å². The molecule has 0 saturated heterocycles. The molecule has 0 heterocycles. The summed E-state index contributed by atoms with van der Waals surface area (Å²) in [5, 5.41) is 0. The fourth-order valence-electron chi connectivity index (χ4n) is 2.12. The minimum atomic E-state index is -0.269. The second-order valence-corrected chi connectivity index (χ2v) is 5.30. The van der Waals surface area contributed by atoms with Gasteiger partial charge in [0, 0.05) is 12.1 Å². The van der Waals surface area contributed by atoms with Gasteiger partial charge in [0.2, 0.25) is 0 Å². The van der Waals surface area contributed by atoms with Crippen LogP contribution in [0.4, 0.5) is 4.39 Å². The van der Waals surface area contributed by atoms with Gasteiger partial charge in [0.1, 0.15) is 18.2 Å². The van der Waals surface area contributed by atoms with Crippen LogP contribution in [0.5, 0.6) is 5.75 Å². The van der Waals surface area contributed by atoms with Gasteiger partial charge in [-0.3, -0.25) is 0 Å². The van der Waals surface area contributed by atoms with Gasteiger partial charge in [0.15, 0.2) is 0 Å². The fraction of sp³-hybridized carbons (Fsp3) is 0.333. The van der Waals surface area contributed by atoms with E-state index in [1.807, 2.05) is 18.2 Å². The zero-order chi connectivity index (χ0) is 15.2. The third-order valence-electron chi connectivity index (χ3n) is 3.81. The smallest absolute Gasteiger partial charge is 0.130 e. The Morgan fingerprint density at radius 2 is 1.86 bits per heavy atom. The van der Waals surface area contributed by atoms with Gasteiger partial charge in [-0.25, -0.2) is 4.39 Å². The third-order valence-corrected chi connectivity index (χ3v) is 3.81. The predicted molar refractivity (Wildman–Crippen MR) is 83.8 cm³/mol. The Morgan fingerprint density at radius 3 is 2.43 bits per heavy atom. The van der Waals surface area contributed by atoms with Crippen LogP contribution in [0.25, 0.3) is 0 Å². The summed E-state index contributed by atoms with van der Waals surface area (Å²) in [5.41, 5.74) is 8.11. The van der Waals surface area contributed by atoms with Gasteiger partial charge in [-0.1, -0.05) is 38.1 Å². The van der Waals surface area contributed by atoms with Gasteiger partial charge in [-0.2, -0.15) is 0 Å². The molecule has 0 aliphatic rings. The maximum atomic E-state index is 13.8. The number of hydrogen-bond donors (Lipinski definition) is 1. The molecule has 0 radical (unpaired) electrons. The Balaban J connectivity index is 1.99. The van der Waals surface area contributed by atoms with Gasteiger partial charge in [-0.15, -0.1) is 0 Å². The van der Waals surface area contributed by atoms with Crippen molar-refractivity contribution in [2.75, 3.05) is 0 Å². The van der Waals surface area contributed by atoms with Crippen LogP contribution in [0.2, 0.25) is 0 Å². The Hall–Kier alpha value is -1.87. The SMILES string of the molecule is CCC(C)c1ccc(OCc2ccc(CN)cc2F)cc1. The molecule has 0 spiro atoms. The molecule has 1 unspecified atom stereocenters. The largest absolute Gasteiger partial charge is 0.489 e. The highest BCUT2D eigenvalue weighted by Crippen LogP contribution is 2.22. The summed E-state index contributed by atoms with van der Waals surface area (Å²) in [6.45, 7) is 4.93. The van der Waals surface area contributed by atoms with Crippen molar-refractivity contribution in [2.45, 2.75) is 39.3 Å². The van der Waals surface area contributed by atoms with Crippen molar-refractivity contribution in [1.82, 2.24) is 0 Å². The second-order valence-electron chi connectivity index (χ2n) is 5.30. The zero-order valence-corrected chi connectivity index (χ0v) is 12.6. The van der Waals surface area contributed by atoms with E-state index in [4.69, 9.17) is 10.5 Å². The Kier molecular flexibility index (Phi) is 5.34. The van der Waals surface area contributed by atoms with Crippen LogP contribution in [0.15, 0.2) is 42.5 Å².